The monoisotopic (exact) mass is 565 g/mol. The average Bonchev–Trinajstić information content (AvgIpc) is 2.89. The predicted octanol–water partition coefficient (Wildman–Crippen LogP) is 6.64. The van der Waals surface area contributed by atoms with Gasteiger partial charge >= 0.3 is 5.97 Å². The Hall–Kier alpha value is -3.45. The normalized spacial score (nSPS) is 15.5. The molecule has 1 aliphatic rings. The SMILES string of the molecule is Cc1ccc([C@@H]2C=CC=C(C(=O)N[C@@H](Cc3ccc(OCc4c(Cl)cccc4Cl)cc3)C(=O)O)C2=S)cc1. The number of carboxylic acid groups (broad SMARTS) is 1. The molecule has 3 aromatic carbocycles. The fraction of sp³-hybridized carbons (Fsp3) is 0.167. The lowest BCUT2D eigenvalue weighted by Gasteiger charge is -2.22. The molecule has 0 radical (unpaired) electrons. The number of thiocarbonyl (C=S) groups is 1. The van der Waals surface area contributed by atoms with Crippen molar-refractivity contribution in [1.29, 1.82) is 0 Å². The lowest BCUT2D eigenvalue weighted by molar-refractivity contribution is -0.141. The zero-order chi connectivity index (χ0) is 27.2. The first-order valence-corrected chi connectivity index (χ1v) is 13.1. The molecule has 8 heteroatoms. The zero-order valence-corrected chi connectivity index (χ0v) is 22.8. The van der Waals surface area contributed by atoms with Gasteiger partial charge in [-0.1, -0.05) is 95.6 Å². The number of ether oxygens (including phenoxy) is 1. The van der Waals surface area contributed by atoms with Gasteiger partial charge < -0.3 is 15.2 Å². The standard InChI is InChI=1S/C30H25Cl2NO4S/c1-18-8-12-20(13-9-18)22-4-2-5-23(28(22)38)29(34)33-27(30(35)36)16-19-10-14-21(15-11-19)37-17-24-25(31)6-3-7-26(24)32/h2-15,22,27H,16-17H2,1H3,(H,33,34)(H,35,36)/t22-,27-/m0/s1. The molecule has 0 fully saturated rings. The Kier molecular flexibility index (Phi) is 9.00. The van der Waals surface area contributed by atoms with E-state index in [1.165, 1.54) is 0 Å². The second kappa shape index (κ2) is 12.4. The van der Waals surface area contributed by atoms with E-state index in [4.69, 9.17) is 40.2 Å². The number of aryl methyl sites for hydroxylation is 1. The van der Waals surface area contributed by atoms with Crippen LogP contribution in [0.25, 0.3) is 0 Å². The van der Waals surface area contributed by atoms with Crippen molar-refractivity contribution in [3.8, 4) is 5.75 Å². The molecule has 4 rings (SSSR count). The number of rotatable bonds is 9. The van der Waals surface area contributed by atoms with Gasteiger partial charge in [0, 0.05) is 32.8 Å². The van der Waals surface area contributed by atoms with Crippen LogP contribution < -0.4 is 10.1 Å². The van der Waals surface area contributed by atoms with Crippen LogP contribution in [0.15, 0.2) is 90.5 Å². The maximum atomic E-state index is 13.1. The summed E-state index contributed by atoms with van der Waals surface area (Å²) in [6.07, 6.45) is 5.43. The Morgan fingerprint density at radius 1 is 1.03 bits per heavy atom. The average molecular weight is 567 g/mol. The van der Waals surface area contributed by atoms with Gasteiger partial charge in [-0.05, 0) is 48.4 Å². The smallest absolute Gasteiger partial charge is 0.326 e. The van der Waals surface area contributed by atoms with E-state index in [9.17, 15) is 14.7 Å². The Bertz CT molecular complexity index is 1390. The molecule has 0 spiro atoms. The van der Waals surface area contributed by atoms with Gasteiger partial charge in [0.15, 0.2) is 0 Å². The molecule has 3 aromatic rings. The zero-order valence-electron chi connectivity index (χ0n) is 20.5. The molecular formula is C30H25Cl2NO4S. The maximum Gasteiger partial charge on any atom is 0.326 e. The highest BCUT2D eigenvalue weighted by Gasteiger charge is 2.28. The van der Waals surface area contributed by atoms with E-state index in [1.807, 2.05) is 37.3 Å². The van der Waals surface area contributed by atoms with Crippen LogP contribution in [-0.2, 0) is 22.6 Å². The molecule has 0 bridgehead atoms. The number of halogens is 2. The first-order valence-electron chi connectivity index (χ1n) is 11.9. The van der Waals surface area contributed by atoms with Gasteiger partial charge in [-0.15, -0.1) is 0 Å². The van der Waals surface area contributed by atoms with Gasteiger partial charge in [0.25, 0.3) is 5.91 Å². The summed E-state index contributed by atoms with van der Waals surface area (Å²) in [6.45, 7) is 2.19. The van der Waals surface area contributed by atoms with Crippen molar-refractivity contribution in [2.24, 2.45) is 0 Å². The van der Waals surface area contributed by atoms with E-state index in [0.29, 0.717) is 31.8 Å². The molecule has 2 atom stereocenters. The van der Waals surface area contributed by atoms with E-state index in [-0.39, 0.29) is 18.9 Å². The van der Waals surface area contributed by atoms with Crippen LogP contribution in [0.2, 0.25) is 10.0 Å². The quantitative estimate of drug-likeness (QED) is 0.284. The Balaban J connectivity index is 1.39. The molecule has 38 heavy (non-hydrogen) atoms. The Labute approximate surface area is 236 Å². The summed E-state index contributed by atoms with van der Waals surface area (Å²) >= 11 is 18.0. The summed E-state index contributed by atoms with van der Waals surface area (Å²) < 4.78 is 5.79. The first-order chi connectivity index (χ1) is 18.2. The number of hydrogen-bond donors (Lipinski definition) is 2. The highest BCUT2D eigenvalue weighted by atomic mass is 35.5. The molecule has 0 heterocycles. The number of benzene rings is 3. The minimum absolute atomic E-state index is 0.0922. The van der Waals surface area contributed by atoms with Crippen LogP contribution in [0.5, 0.6) is 5.75 Å². The van der Waals surface area contributed by atoms with E-state index >= 15 is 0 Å². The van der Waals surface area contributed by atoms with Crippen molar-refractivity contribution in [2.75, 3.05) is 0 Å². The van der Waals surface area contributed by atoms with Crippen LogP contribution in [-0.4, -0.2) is 27.9 Å². The highest BCUT2D eigenvalue weighted by molar-refractivity contribution is 7.81. The fourth-order valence-corrected chi connectivity index (χ4v) is 4.93. The lowest BCUT2D eigenvalue weighted by Crippen LogP contribution is -2.44. The second-order valence-corrected chi connectivity index (χ2v) is 10.2. The third-order valence-electron chi connectivity index (χ3n) is 6.21. The number of nitrogens with one attached hydrogen (secondary N) is 1. The van der Waals surface area contributed by atoms with Gasteiger partial charge in [0.05, 0.1) is 5.57 Å². The van der Waals surface area contributed by atoms with Crippen molar-refractivity contribution < 1.29 is 19.4 Å². The third kappa shape index (κ3) is 6.70. The van der Waals surface area contributed by atoms with E-state index in [2.05, 4.69) is 5.32 Å². The lowest BCUT2D eigenvalue weighted by atomic mass is 9.87. The summed E-state index contributed by atoms with van der Waals surface area (Å²) in [6, 6.07) is 19.0. The van der Waals surface area contributed by atoms with Crippen molar-refractivity contribution in [2.45, 2.75) is 31.9 Å². The molecule has 5 nitrogen and oxygen atoms in total. The minimum atomic E-state index is -1.14. The summed E-state index contributed by atoms with van der Waals surface area (Å²) in [5, 5.41) is 13.5. The predicted molar refractivity (Wildman–Crippen MR) is 154 cm³/mol. The van der Waals surface area contributed by atoms with Gasteiger partial charge in [0.1, 0.15) is 18.4 Å². The van der Waals surface area contributed by atoms with Crippen molar-refractivity contribution in [3.05, 3.63) is 123 Å². The number of carbonyl (C=O) groups excluding carboxylic acids is 1. The summed E-state index contributed by atoms with van der Waals surface area (Å²) in [5.41, 5.74) is 3.80. The van der Waals surface area contributed by atoms with Gasteiger partial charge in [-0.25, -0.2) is 4.79 Å². The molecule has 2 N–H and O–H groups in total. The van der Waals surface area contributed by atoms with Crippen molar-refractivity contribution in [3.63, 3.8) is 0 Å². The summed E-state index contributed by atoms with van der Waals surface area (Å²) in [4.78, 5) is 25.5. The van der Waals surface area contributed by atoms with Gasteiger partial charge in [-0.3, -0.25) is 4.79 Å². The number of carbonyl (C=O) groups is 2. The van der Waals surface area contributed by atoms with E-state index in [0.717, 1.165) is 16.7 Å². The molecule has 0 saturated carbocycles. The summed E-state index contributed by atoms with van der Waals surface area (Å²) in [5.74, 6) is -1.31. The second-order valence-electron chi connectivity index (χ2n) is 8.92. The Morgan fingerprint density at radius 3 is 2.32 bits per heavy atom. The van der Waals surface area contributed by atoms with Crippen LogP contribution in [0.4, 0.5) is 0 Å². The van der Waals surface area contributed by atoms with Crippen molar-refractivity contribution in [1.82, 2.24) is 5.32 Å². The topological polar surface area (TPSA) is 75.6 Å². The molecular weight excluding hydrogens is 541 g/mol. The van der Waals surface area contributed by atoms with Crippen LogP contribution in [0.3, 0.4) is 0 Å². The van der Waals surface area contributed by atoms with E-state index in [1.54, 1.807) is 54.6 Å². The van der Waals surface area contributed by atoms with Crippen molar-refractivity contribution >= 4 is 52.2 Å². The minimum Gasteiger partial charge on any atom is -0.489 e. The molecule has 0 unspecified atom stereocenters. The molecule has 1 amide bonds. The number of carboxylic acids is 1. The largest absolute Gasteiger partial charge is 0.489 e. The van der Waals surface area contributed by atoms with E-state index < -0.39 is 17.9 Å². The van der Waals surface area contributed by atoms with Crippen LogP contribution in [0, 0.1) is 6.92 Å². The molecule has 194 valence electrons. The molecule has 0 aliphatic heterocycles. The maximum absolute atomic E-state index is 13.1. The number of aliphatic carboxylic acids is 1. The van der Waals surface area contributed by atoms with Gasteiger partial charge in [0.2, 0.25) is 0 Å². The van der Waals surface area contributed by atoms with Crippen LogP contribution >= 0.6 is 35.4 Å². The fourth-order valence-electron chi connectivity index (χ4n) is 4.04. The molecule has 0 aromatic heterocycles. The Morgan fingerprint density at radius 2 is 1.68 bits per heavy atom. The number of hydrogen-bond acceptors (Lipinski definition) is 4. The highest BCUT2D eigenvalue weighted by Crippen LogP contribution is 2.28. The molecule has 1 aliphatic carbocycles. The number of allylic oxidation sites excluding steroid dienone is 3. The van der Waals surface area contributed by atoms with Crippen LogP contribution in [0.1, 0.15) is 28.2 Å². The number of amides is 1. The molecule has 0 saturated heterocycles. The first kappa shape index (κ1) is 27.6. The summed E-state index contributed by atoms with van der Waals surface area (Å²) in [7, 11) is 0. The third-order valence-corrected chi connectivity index (χ3v) is 7.39. The van der Waals surface area contributed by atoms with Gasteiger partial charge in [-0.2, -0.15) is 0 Å².